The number of hydrogen-bond acceptors (Lipinski definition) is 4. The second-order valence-corrected chi connectivity index (χ2v) is 5.22. The number of thioether (sulfide) groups is 1. The Morgan fingerprint density at radius 2 is 2.24 bits per heavy atom. The fourth-order valence-corrected chi connectivity index (χ4v) is 2.84. The van der Waals surface area contributed by atoms with Gasteiger partial charge in [-0.25, -0.2) is 4.98 Å². The van der Waals surface area contributed by atoms with Gasteiger partial charge in [-0.2, -0.15) is 0 Å². The molecule has 0 spiro atoms. The van der Waals surface area contributed by atoms with Gasteiger partial charge in [-0.05, 0) is 37.3 Å². The molecule has 0 amide bonds. The van der Waals surface area contributed by atoms with E-state index >= 15 is 0 Å². The van der Waals surface area contributed by atoms with Gasteiger partial charge >= 0.3 is 0 Å². The third-order valence-electron chi connectivity index (χ3n) is 2.89. The fraction of sp³-hybridized carbons (Fsp3) is 0.500. The molecule has 0 saturated heterocycles. The number of aromatic nitrogens is 1. The van der Waals surface area contributed by atoms with Gasteiger partial charge in [0.2, 0.25) is 0 Å². The average molecular weight is 251 g/mol. The van der Waals surface area contributed by atoms with Crippen LogP contribution >= 0.6 is 11.8 Å². The molecule has 0 bridgehead atoms. The van der Waals surface area contributed by atoms with E-state index in [1.165, 1.54) is 30.2 Å². The van der Waals surface area contributed by atoms with Crippen molar-refractivity contribution in [3.63, 3.8) is 0 Å². The van der Waals surface area contributed by atoms with Crippen LogP contribution in [0, 0.1) is 5.41 Å². The first-order valence-electron chi connectivity index (χ1n) is 5.83. The van der Waals surface area contributed by atoms with Crippen LogP contribution in [0.15, 0.2) is 11.1 Å². The maximum Gasteiger partial charge on any atom is 0.125 e. The summed E-state index contributed by atoms with van der Waals surface area (Å²) in [6.45, 7) is 0.112. The van der Waals surface area contributed by atoms with Crippen LogP contribution in [0.2, 0.25) is 0 Å². The van der Waals surface area contributed by atoms with Gasteiger partial charge in [-0.15, -0.1) is 11.8 Å². The smallest absolute Gasteiger partial charge is 0.125 e. The first-order valence-corrected chi connectivity index (χ1v) is 6.81. The van der Waals surface area contributed by atoms with Crippen LogP contribution in [0.5, 0.6) is 0 Å². The number of aliphatic hydroxyl groups excluding tert-OH is 1. The predicted octanol–water partition coefficient (Wildman–Crippen LogP) is 1.33. The summed E-state index contributed by atoms with van der Waals surface area (Å²) in [6.07, 6.45) is 4.42. The first kappa shape index (κ1) is 12.4. The molecule has 1 aliphatic rings. The number of amidine groups is 1. The Kier molecular flexibility index (Phi) is 4.02. The maximum atomic E-state index is 8.86. The first-order chi connectivity index (χ1) is 8.22. The summed E-state index contributed by atoms with van der Waals surface area (Å²) in [5.41, 5.74) is 8.67. The number of pyridine rings is 1. The summed E-state index contributed by atoms with van der Waals surface area (Å²) in [6, 6.07) is 2.00. The Bertz CT molecular complexity index is 434. The molecule has 1 aromatic heterocycles. The molecule has 0 atom stereocenters. The number of aryl methyl sites for hydroxylation is 2. The number of nitrogens with one attached hydrogen (secondary N) is 1. The number of nitrogen functional groups attached to an aromatic ring is 1. The van der Waals surface area contributed by atoms with Gasteiger partial charge in [0.1, 0.15) is 10.9 Å². The molecule has 4 nitrogen and oxygen atoms in total. The maximum absolute atomic E-state index is 8.86. The summed E-state index contributed by atoms with van der Waals surface area (Å²) >= 11 is 1.47. The van der Waals surface area contributed by atoms with Crippen LogP contribution in [0.1, 0.15) is 29.7 Å². The molecule has 1 aliphatic carbocycles. The lowest BCUT2D eigenvalue weighted by Crippen LogP contribution is -2.16. The molecule has 0 fully saturated rings. The van der Waals surface area contributed by atoms with Gasteiger partial charge in [0.25, 0.3) is 0 Å². The van der Waals surface area contributed by atoms with E-state index < -0.39 is 0 Å². The van der Waals surface area contributed by atoms with Crippen molar-refractivity contribution < 1.29 is 5.11 Å². The number of aliphatic hydroxyl groups is 1. The Morgan fingerprint density at radius 1 is 1.47 bits per heavy atom. The zero-order chi connectivity index (χ0) is 12.3. The van der Waals surface area contributed by atoms with Gasteiger partial charge in [0.15, 0.2) is 0 Å². The largest absolute Gasteiger partial charge is 0.396 e. The molecule has 0 aromatic carbocycles. The molecular weight excluding hydrogens is 234 g/mol. The van der Waals surface area contributed by atoms with Crippen LogP contribution in [0.3, 0.4) is 0 Å². The zero-order valence-corrected chi connectivity index (χ0v) is 10.5. The van der Waals surface area contributed by atoms with Crippen molar-refractivity contribution in [2.75, 3.05) is 12.4 Å². The van der Waals surface area contributed by atoms with E-state index in [2.05, 4.69) is 4.98 Å². The molecule has 0 aliphatic heterocycles. The van der Waals surface area contributed by atoms with Crippen molar-refractivity contribution in [2.24, 2.45) is 5.73 Å². The third-order valence-corrected chi connectivity index (χ3v) is 3.86. The van der Waals surface area contributed by atoms with E-state index in [1.807, 2.05) is 6.07 Å². The molecule has 0 saturated carbocycles. The molecule has 0 radical (unpaired) electrons. The van der Waals surface area contributed by atoms with Crippen molar-refractivity contribution in [1.82, 2.24) is 4.98 Å². The molecule has 92 valence electrons. The quantitative estimate of drug-likeness (QED) is 0.428. The SMILES string of the molecule is N=C(N)c1cc2c(nc1SCCO)CCCC2. The minimum atomic E-state index is 0.0614. The summed E-state index contributed by atoms with van der Waals surface area (Å²) in [7, 11) is 0. The third kappa shape index (κ3) is 2.79. The van der Waals surface area contributed by atoms with Crippen LogP contribution in [-0.4, -0.2) is 28.3 Å². The van der Waals surface area contributed by atoms with E-state index in [-0.39, 0.29) is 12.4 Å². The van der Waals surface area contributed by atoms with Gasteiger partial charge in [0, 0.05) is 17.0 Å². The van der Waals surface area contributed by atoms with E-state index in [0.717, 1.165) is 23.6 Å². The van der Waals surface area contributed by atoms with Crippen LogP contribution < -0.4 is 5.73 Å². The van der Waals surface area contributed by atoms with E-state index in [4.69, 9.17) is 16.2 Å². The summed E-state index contributed by atoms with van der Waals surface area (Å²) in [4.78, 5) is 4.60. The predicted molar refractivity (Wildman–Crippen MR) is 69.7 cm³/mol. The highest BCUT2D eigenvalue weighted by Gasteiger charge is 2.16. The zero-order valence-electron chi connectivity index (χ0n) is 9.70. The molecule has 4 N–H and O–H groups in total. The Balaban J connectivity index is 2.37. The van der Waals surface area contributed by atoms with E-state index in [0.29, 0.717) is 11.3 Å². The van der Waals surface area contributed by atoms with Crippen LogP contribution in [0.4, 0.5) is 0 Å². The van der Waals surface area contributed by atoms with Crippen molar-refractivity contribution in [1.29, 1.82) is 5.41 Å². The lowest BCUT2D eigenvalue weighted by Gasteiger charge is -2.17. The van der Waals surface area contributed by atoms with Crippen molar-refractivity contribution >= 4 is 17.6 Å². The average Bonchev–Trinajstić information content (AvgIpc) is 2.35. The van der Waals surface area contributed by atoms with Gasteiger partial charge in [0.05, 0.1) is 6.61 Å². The number of fused-ring (bicyclic) bond motifs is 1. The van der Waals surface area contributed by atoms with Crippen LogP contribution in [0.25, 0.3) is 0 Å². The lowest BCUT2D eigenvalue weighted by atomic mass is 9.95. The molecule has 17 heavy (non-hydrogen) atoms. The minimum Gasteiger partial charge on any atom is -0.396 e. The number of rotatable bonds is 4. The van der Waals surface area contributed by atoms with E-state index in [9.17, 15) is 0 Å². The van der Waals surface area contributed by atoms with Gasteiger partial charge in [-0.3, -0.25) is 5.41 Å². The number of nitrogens with two attached hydrogens (primary N) is 1. The minimum absolute atomic E-state index is 0.0614. The summed E-state index contributed by atoms with van der Waals surface area (Å²) in [5.74, 6) is 0.651. The van der Waals surface area contributed by atoms with Crippen molar-refractivity contribution in [2.45, 2.75) is 30.7 Å². The van der Waals surface area contributed by atoms with E-state index in [1.54, 1.807) is 0 Å². The normalized spacial score (nSPS) is 14.4. The number of hydrogen-bond donors (Lipinski definition) is 3. The second-order valence-electron chi connectivity index (χ2n) is 4.14. The van der Waals surface area contributed by atoms with Crippen LogP contribution in [-0.2, 0) is 12.8 Å². The summed E-state index contributed by atoms with van der Waals surface area (Å²) < 4.78 is 0. The van der Waals surface area contributed by atoms with Gasteiger partial charge in [-0.1, -0.05) is 0 Å². The monoisotopic (exact) mass is 251 g/mol. The molecule has 5 heteroatoms. The molecule has 2 rings (SSSR count). The molecule has 0 unspecified atom stereocenters. The highest BCUT2D eigenvalue weighted by atomic mass is 32.2. The van der Waals surface area contributed by atoms with Crippen molar-refractivity contribution in [3.8, 4) is 0 Å². The Hall–Kier alpha value is -1.07. The van der Waals surface area contributed by atoms with Crippen molar-refractivity contribution in [3.05, 3.63) is 22.9 Å². The lowest BCUT2D eigenvalue weighted by molar-refractivity contribution is 0.322. The topological polar surface area (TPSA) is 83.0 Å². The fourth-order valence-electron chi connectivity index (χ4n) is 2.06. The Morgan fingerprint density at radius 3 is 2.94 bits per heavy atom. The highest BCUT2D eigenvalue weighted by Crippen LogP contribution is 2.27. The molecular formula is C12H17N3OS. The summed E-state index contributed by atoms with van der Waals surface area (Å²) in [5, 5.41) is 17.2. The van der Waals surface area contributed by atoms with Gasteiger partial charge < -0.3 is 10.8 Å². The number of nitrogens with zero attached hydrogens (tertiary/aromatic N) is 1. The molecule has 1 heterocycles. The molecule has 1 aromatic rings. The highest BCUT2D eigenvalue weighted by molar-refractivity contribution is 7.99. The standard InChI is InChI=1S/C12H17N3OS/c13-11(14)9-7-8-3-1-2-4-10(8)15-12(9)17-6-5-16/h7,16H,1-6H2,(H3,13,14). The Labute approximate surface area is 105 Å². The second kappa shape index (κ2) is 5.51.